The van der Waals surface area contributed by atoms with Crippen LogP contribution in [-0.2, 0) is 10.0 Å². The van der Waals surface area contributed by atoms with Gasteiger partial charge in [-0.2, -0.15) is 4.31 Å². The maximum absolute atomic E-state index is 13.0. The molecular weight excluding hydrogens is 438 g/mol. The van der Waals surface area contributed by atoms with Crippen LogP contribution in [0.5, 0.6) is 5.75 Å². The van der Waals surface area contributed by atoms with E-state index >= 15 is 0 Å². The van der Waals surface area contributed by atoms with Crippen LogP contribution in [0.3, 0.4) is 0 Å². The Morgan fingerprint density at radius 2 is 1.76 bits per heavy atom. The maximum Gasteiger partial charge on any atom is 0.251 e. The Morgan fingerprint density at radius 1 is 1.09 bits per heavy atom. The van der Waals surface area contributed by atoms with E-state index in [9.17, 15) is 13.2 Å². The lowest BCUT2D eigenvalue weighted by Crippen LogP contribution is -2.40. The first-order valence-electron chi connectivity index (χ1n) is 11.5. The van der Waals surface area contributed by atoms with E-state index in [0.717, 1.165) is 37.2 Å². The van der Waals surface area contributed by atoms with Crippen molar-refractivity contribution in [3.8, 4) is 5.75 Å². The van der Waals surface area contributed by atoms with E-state index in [0.29, 0.717) is 12.1 Å². The number of piperidine rings is 1. The van der Waals surface area contributed by atoms with Gasteiger partial charge in [0.2, 0.25) is 10.0 Å². The number of hydrogen-bond donors (Lipinski definition) is 1. The van der Waals surface area contributed by atoms with Gasteiger partial charge in [-0.25, -0.2) is 8.42 Å². The number of rotatable bonds is 9. The Kier molecular flexibility index (Phi) is 8.51. The van der Waals surface area contributed by atoms with Crippen molar-refractivity contribution in [1.82, 2.24) is 14.5 Å². The average Bonchev–Trinajstić information content (AvgIpc) is 2.84. The number of amides is 1. The van der Waals surface area contributed by atoms with E-state index < -0.39 is 10.0 Å². The van der Waals surface area contributed by atoms with Crippen molar-refractivity contribution in [1.29, 1.82) is 0 Å². The zero-order chi connectivity index (χ0) is 24.0. The first-order valence-corrected chi connectivity index (χ1v) is 12.9. The van der Waals surface area contributed by atoms with Gasteiger partial charge in [-0.1, -0.05) is 24.6 Å². The van der Waals surface area contributed by atoms with Crippen LogP contribution in [0, 0.1) is 0 Å². The van der Waals surface area contributed by atoms with Crippen LogP contribution in [-0.4, -0.2) is 63.4 Å². The van der Waals surface area contributed by atoms with E-state index in [4.69, 9.17) is 4.74 Å². The molecule has 1 aliphatic heterocycles. The van der Waals surface area contributed by atoms with Crippen LogP contribution in [0.15, 0.2) is 53.4 Å². The molecule has 8 heteroatoms. The number of carbonyl (C=O) groups is 1. The largest absolute Gasteiger partial charge is 0.497 e. The standard InChI is InChI=1S/C25H35N3O4S/c1-19(2)27(3)33(30,31)23-10-8-9-21(17-23)25(29)26-18-24(28-15-6-5-7-16-28)20-11-13-22(32-4)14-12-20/h8-14,17,19,24H,5-7,15-16,18H2,1-4H3,(H,26,29). The van der Waals surface area contributed by atoms with Crippen molar-refractivity contribution in [2.24, 2.45) is 0 Å². The molecule has 2 aromatic carbocycles. The lowest BCUT2D eigenvalue weighted by molar-refractivity contribution is 0.0924. The Hall–Kier alpha value is -2.42. The van der Waals surface area contributed by atoms with Gasteiger partial charge < -0.3 is 10.1 Å². The predicted octanol–water partition coefficient (Wildman–Crippen LogP) is 3.68. The maximum atomic E-state index is 13.0. The summed E-state index contributed by atoms with van der Waals surface area (Å²) in [4.78, 5) is 15.5. The highest BCUT2D eigenvalue weighted by Crippen LogP contribution is 2.26. The molecule has 3 rings (SSSR count). The predicted molar refractivity (Wildman–Crippen MR) is 130 cm³/mol. The smallest absolute Gasteiger partial charge is 0.251 e. The molecule has 1 saturated heterocycles. The molecule has 33 heavy (non-hydrogen) atoms. The number of ether oxygens (including phenoxy) is 1. The highest BCUT2D eigenvalue weighted by Gasteiger charge is 2.25. The fourth-order valence-corrected chi connectivity index (χ4v) is 5.46. The molecule has 1 heterocycles. The monoisotopic (exact) mass is 473 g/mol. The number of likely N-dealkylation sites (tertiary alicyclic amines) is 1. The van der Waals surface area contributed by atoms with E-state index in [1.165, 1.54) is 22.9 Å². The average molecular weight is 474 g/mol. The quantitative estimate of drug-likeness (QED) is 0.601. The van der Waals surface area contributed by atoms with Crippen LogP contribution in [0.2, 0.25) is 0 Å². The molecule has 0 aromatic heterocycles. The highest BCUT2D eigenvalue weighted by atomic mass is 32.2. The Balaban J connectivity index is 1.77. The summed E-state index contributed by atoms with van der Waals surface area (Å²) in [5.41, 5.74) is 1.45. The topological polar surface area (TPSA) is 78.9 Å². The first-order chi connectivity index (χ1) is 15.7. The Labute approximate surface area is 197 Å². The van der Waals surface area contributed by atoms with Crippen molar-refractivity contribution in [2.45, 2.75) is 50.1 Å². The van der Waals surface area contributed by atoms with Gasteiger partial charge in [0.15, 0.2) is 0 Å². The zero-order valence-electron chi connectivity index (χ0n) is 20.0. The molecule has 1 aliphatic rings. The minimum Gasteiger partial charge on any atom is -0.497 e. The van der Waals surface area contributed by atoms with Gasteiger partial charge >= 0.3 is 0 Å². The fourth-order valence-electron chi connectivity index (χ4n) is 4.05. The molecule has 0 saturated carbocycles. The Morgan fingerprint density at radius 3 is 2.36 bits per heavy atom. The van der Waals surface area contributed by atoms with Crippen molar-refractivity contribution in [2.75, 3.05) is 33.8 Å². The second kappa shape index (κ2) is 11.1. The highest BCUT2D eigenvalue weighted by molar-refractivity contribution is 7.89. The van der Waals surface area contributed by atoms with Crippen molar-refractivity contribution in [3.63, 3.8) is 0 Å². The van der Waals surface area contributed by atoms with Crippen LogP contribution >= 0.6 is 0 Å². The summed E-state index contributed by atoms with van der Waals surface area (Å²) in [5.74, 6) is 0.513. The summed E-state index contributed by atoms with van der Waals surface area (Å²) in [6, 6.07) is 14.1. The summed E-state index contributed by atoms with van der Waals surface area (Å²) in [6.07, 6.45) is 3.51. The van der Waals surface area contributed by atoms with Gasteiger partial charge in [-0.05, 0) is 75.7 Å². The number of benzene rings is 2. The molecule has 0 aliphatic carbocycles. The number of sulfonamides is 1. The minimum atomic E-state index is -3.66. The molecular formula is C25H35N3O4S. The van der Waals surface area contributed by atoms with Gasteiger partial charge in [-0.15, -0.1) is 0 Å². The lowest BCUT2D eigenvalue weighted by atomic mass is 10.0. The Bertz CT molecular complexity index is 1030. The van der Waals surface area contributed by atoms with E-state index in [1.807, 2.05) is 38.1 Å². The number of nitrogens with one attached hydrogen (secondary N) is 1. The molecule has 1 unspecified atom stereocenters. The number of methoxy groups -OCH3 is 1. The van der Waals surface area contributed by atoms with E-state index in [-0.39, 0.29) is 22.9 Å². The van der Waals surface area contributed by atoms with Crippen LogP contribution in [0.4, 0.5) is 0 Å². The molecule has 0 radical (unpaired) electrons. The summed E-state index contributed by atoms with van der Waals surface area (Å²) in [7, 11) is -0.469. The van der Waals surface area contributed by atoms with E-state index in [1.54, 1.807) is 26.3 Å². The van der Waals surface area contributed by atoms with Gasteiger partial charge in [0, 0.05) is 25.2 Å². The van der Waals surface area contributed by atoms with Gasteiger partial charge in [0.1, 0.15) is 5.75 Å². The molecule has 1 atom stereocenters. The van der Waals surface area contributed by atoms with Crippen molar-refractivity contribution < 1.29 is 17.9 Å². The van der Waals surface area contributed by atoms with Crippen LogP contribution in [0.1, 0.15) is 55.1 Å². The van der Waals surface area contributed by atoms with Crippen molar-refractivity contribution in [3.05, 3.63) is 59.7 Å². The minimum absolute atomic E-state index is 0.0409. The summed E-state index contributed by atoms with van der Waals surface area (Å²) >= 11 is 0. The van der Waals surface area contributed by atoms with E-state index in [2.05, 4.69) is 10.2 Å². The molecule has 1 fully saturated rings. The number of carbonyl (C=O) groups excluding carboxylic acids is 1. The van der Waals surface area contributed by atoms with Crippen LogP contribution < -0.4 is 10.1 Å². The molecule has 180 valence electrons. The molecule has 2 aromatic rings. The SMILES string of the molecule is COc1ccc(C(CNC(=O)c2cccc(S(=O)(=O)N(C)C(C)C)c2)N2CCCCC2)cc1. The third kappa shape index (κ3) is 6.13. The summed E-state index contributed by atoms with van der Waals surface area (Å²) in [5, 5.41) is 3.03. The summed E-state index contributed by atoms with van der Waals surface area (Å²) in [6.45, 7) is 6.04. The van der Waals surface area contributed by atoms with Gasteiger partial charge in [-0.3, -0.25) is 9.69 Å². The third-order valence-electron chi connectivity index (χ3n) is 6.29. The molecule has 0 bridgehead atoms. The molecule has 1 amide bonds. The normalized spacial score (nSPS) is 16.1. The molecule has 7 nitrogen and oxygen atoms in total. The summed E-state index contributed by atoms with van der Waals surface area (Å²) < 4.78 is 32.3. The zero-order valence-corrected chi connectivity index (χ0v) is 20.8. The molecule has 0 spiro atoms. The van der Waals surface area contributed by atoms with Crippen molar-refractivity contribution >= 4 is 15.9 Å². The second-order valence-electron chi connectivity index (χ2n) is 8.74. The lowest BCUT2D eigenvalue weighted by Gasteiger charge is -2.35. The van der Waals surface area contributed by atoms with Crippen LogP contribution in [0.25, 0.3) is 0 Å². The number of hydrogen-bond acceptors (Lipinski definition) is 5. The fraction of sp³-hybridized carbons (Fsp3) is 0.480. The second-order valence-corrected chi connectivity index (χ2v) is 10.7. The third-order valence-corrected chi connectivity index (χ3v) is 8.32. The van der Waals surface area contributed by atoms with Gasteiger partial charge in [0.25, 0.3) is 5.91 Å². The first kappa shape index (κ1) is 25.2. The molecule has 1 N–H and O–H groups in total. The number of nitrogens with zero attached hydrogens (tertiary/aromatic N) is 2. The van der Waals surface area contributed by atoms with Gasteiger partial charge in [0.05, 0.1) is 18.0 Å².